The second kappa shape index (κ2) is 61.3. The summed E-state index contributed by atoms with van der Waals surface area (Å²) in [5.41, 5.74) is 0. The van der Waals surface area contributed by atoms with Crippen molar-refractivity contribution >= 4 is 39.5 Å². The number of rotatable bonds is 68. The van der Waals surface area contributed by atoms with Gasteiger partial charge in [0.2, 0.25) is 0 Å². The topological polar surface area (TPSA) is 237 Å². The van der Waals surface area contributed by atoms with Crippen LogP contribution in [0.3, 0.4) is 0 Å². The SMILES string of the molecule is CCCCCCCCCCCCCCCCCCCCCC(=O)O[C@H](COC(=O)CCCCCCCCCCCCCC(C)C)COP(=O)(O)OC[C@@H](O)COP(=O)(O)OC[C@@H](COC(=O)CCCCCCC)OC(=O)CCCCCCCCC(C)CC. The second-order valence-corrected chi connectivity index (χ2v) is 28.5. The number of esters is 4. The van der Waals surface area contributed by atoms with Crippen molar-refractivity contribution in [2.45, 2.75) is 368 Å². The average molecular weight is 1300 g/mol. The number of phosphoric ester groups is 2. The third kappa shape index (κ3) is 61.6. The van der Waals surface area contributed by atoms with Gasteiger partial charge >= 0.3 is 39.5 Å². The van der Waals surface area contributed by atoms with Crippen molar-refractivity contribution in [1.29, 1.82) is 0 Å². The van der Waals surface area contributed by atoms with Crippen LogP contribution < -0.4 is 0 Å². The lowest BCUT2D eigenvalue weighted by molar-refractivity contribution is -0.161. The molecule has 0 saturated heterocycles. The summed E-state index contributed by atoms with van der Waals surface area (Å²) in [4.78, 5) is 72.2. The van der Waals surface area contributed by atoms with E-state index in [2.05, 4.69) is 41.5 Å². The van der Waals surface area contributed by atoms with Gasteiger partial charge in [0, 0.05) is 25.7 Å². The smallest absolute Gasteiger partial charge is 0.462 e. The molecule has 0 aliphatic rings. The van der Waals surface area contributed by atoms with Crippen LogP contribution in [0.25, 0.3) is 0 Å². The molecule has 3 unspecified atom stereocenters. The van der Waals surface area contributed by atoms with Crippen LogP contribution in [0.2, 0.25) is 0 Å². The van der Waals surface area contributed by atoms with Crippen LogP contribution >= 0.6 is 15.6 Å². The normalized spacial score (nSPS) is 14.5. The Morgan fingerprint density at radius 2 is 0.580 bits per heavy atom. The Balaban J connectivity index is 5.15. The monoisotopic (exact) mass is 1300 g/mol. The summed E-state index contributed by atoms with van der Waals surface area (Å²) in [5, 5.41) is 10.5. The summed E-state index contributed by atoms with van der Waals surface area (Å²) in [5.74, 6) is -0.648. The minimum absolute atomic E-state index is 0.102. The lowest BCUT2D eigenvalue weighted by Gasteiger charge is -2.21. The average Bonchev–Trinajstić information content (AvgIpc) is 3.69. The molecule has 0 aliphatic heterocycles. The molecule has 522 valence electrons. The number of carbonyl (C=O) groups is 4. The molecule has 0 aromatic heterocycles. The largest absolute Gasteiger partial charge is 0.472 e. The van der Waals surface area contributed by atoms with Crippen LogP contribution in [-0.4, -0.2) is 96.7 Å². The summed E-state index contributed by atoms with van der Waals surface area (Å²) < 4.78 is 68.0. The van der Waals surface area contributed by atoms with Gasteiger partial charge in [0.15, 0.2) is 12.2 Å². The zero-order valence-electron chi connectivity index (χ0n) is 57.0. The molecule has 3 N–H and O–H groups in total. The van der Waals surface area contributed by atoms with E-state index in [1.54, 1.807) is 0 Å². The molecule has 88 heavy (non-hydrogen) atoms. The summed E-state index contributed by atoms with van der Waals surface area (Å²) in [7, 11) is -9.89. The molecular formula is C69H134O17P2. The standard InChI is InChI=1S/C69H134O17P2/c1-7-10-12-14-15-16-17-18-19-20-21-22-23-24-27-31-34-41-47-53-68(73)85-65(58-80-67(72)52-46-40-33-30-28-25-26-29-32-38-43-49-61(4)5)60-84-88(77,78)82-56-63(70)55-81-87(75,76)83-59-64(57-79-66(71)51-45-37-13-11-8-2)86-69(74)54-48-42-36-35-39-44-50-62(6)9-3/h61-65,70H,7-60H2,1-6H3,(H,75,76)(H,77,78)/t62?,63-,64+,65+/m0/s1. The van der Waals surface area contributed by atoms with Gasteiger partial charge in [-0.15, -0.1) is 0 Å². The van der Waals surface area contributed by atoms with Gasteiger partial charge < -0.3 is 33.8 Å². The van der Waals surface area contributed by atoms with Crippen molar-refractivity contribution in [2.75, 3.05) is 39.6 Å². The maximum atomic E-state index is 13.0. The zero-order chi connectivity index (χ0) is 65.0. The molecule has 17 nitrogen and oxygen atoms in total. The number of aliphatic hydroxyl groups is 1. The Hall–Kier alpha value is -1.94. The van der Waals surface area contributed by atoms with Gasteiger partial charge in [-0.2, -0.15) is 0 Å². The minimum Gasteiger partial charge on any atom is -0.462 e. The van der Waals surface area contributed by atoms with E-state index < -0.39 is 97.5 Å². The number of aliphatic hydroxyl groups excluding tert-OH is 1. The van der Waals surface area contributed by atoms with Crippen molar-refractivity contribution in [3.8, 4) is 0 Å². The van der Waals surface area contributed by atoms with E-state index >= 15 is 0 Å². The first kappa shape index (κ1) is 86.1. The Bertz CT molecular complexity index is 1720. The summed E-state index contributed by atoms with van der Waals surface area (Å²) >= 11 is 0. The first-order valence-corrected chi connectivity index (χ1v) is 39.0. The molecule has 0 bridgehead atoms. The first-order valence-electron chi connectivity index (χ1n) is 36.0. The highest BCUT2D eigenvalue weighted by Crippen LogP contribution is 2.45. The number of hydrogen-bond acceptors (Lipinski definition) is 15. The fraction of sp³-hybridized carbons (Fsp3) is 0.942. The van der Waals surface area contributed by atoms with Gasteiger partial charge in [-0.3, -0.25) is 37.3 Å². The maximum Gasteiger partial charge on any atom is 0.472 e. The Morgan fingerprint density at radius 1 is 0.330 bits per heavy atom. The summed E-state index contributed by atoms with van der Waals surface area (Å²) in [6, 6.07) is 0. The fourth-order valence-electron chi connectivity index (χ4n) is 10.4. The number of phosphoric acid groups is 2. The van der Waals surface area contributed by atoms with E-state index in [9.17, 15) is 43.2 Å². The van der Waals surface area contributed by atoms with E-state index in [1.807, 2.05) is 0 Å². The molecule has 0 aromatic rings. The van der Waals surface area contributed by atoms with Crippen LogP contribution in [0.4, 0.5) is 0 Å². The highest BCUT2D eigenvalue weighted by molar-refractivity contribution is 7.47. The second-order valence-electron chi connectivity index (χ2n) is 25.6. The van der Waals surface area contributed by atoms with E-state index in [1.165, 1.54) is 161 Å². The van der Waals surface area contributed by atoms with Gasteiger partial charge in [0.1, 0.15) is 19.3 Å². The third-order valence-electron chi connectivity index (χ3n) is 16.3. The van der Waals surface area contributed by atoms with Crippen molar-refractivity contribution in [1.82, 2.24) is 0 Å². The number of unbranched alkanes of at least 4 members (excludes halogenated alkanes) is 37. The molecular weight excluding hydrogens is 1160 g/mol. The van der Waals surface area contributed by atoms with Crippen molar-refractivity contribution in [2.24, 2.45) is 11.8 Å². The highest BCUT2D eigenvalue weighted by atomic mass is 31.2. The predicted molar refractivity (Wildman–Crippen MR) is 354 cm³/mol. The molecule has 0 rings (SSSR count). The van der Waals surface area contributed by atoms with Crippen molar-refractivity contribution in [3.63, 3.8) is 0 Å². The Morgan fingerprint density at radius 3 is 0.864 bits per heavy atom. The quantitative estimate of drug-likeness (QED) is 0.0222. The molecule has 6 atom stereocenters. The van der Waals surface area contributed by atoms with E-state index in [4.69, 9.17) is 37.0 Å². The maximum absolute atomic E-state index is 13.0. The van der Waals surface area contributed by atoms with Crippen LogP contribution in [0.15, 0.2) is 0 Å². The molecule has 0 aromatic carbocycles. The van der Waals surface area contributed by atoms with Gasteiger partial charge in [0.05, 0.1) is 26.4 Å². The molecule has 0 radical (unpaired) electrons. The van der Waals surface area contributed by atoms with Gasteiger partial charge in [-0.05, 0) is 37.5 Å². The summed E-state index contributed by atoms with van der Waals surface area (Å²) in [6.07, 6.45) is 46.4. The van der Waals surface area contributed by atoms with E-state index in [0.29, 0.717) is 25.7 Å². The van der Waals surface area contributed by atoms with Gasteiger partial charge in [-0.1, -0.05) is 298 Å². The number of carbonyl (C=O) groups excluding carboxylic acids is 4. The molecule has 0 heterocycles. The van der Waals surface area contributed by atoms with Crippen molar-refractivity contribution < 1.29 is 80.2 Å². The number of ether oxygens (including phenoxy) is 4. The van der Waals surface area contributed by atoms with Crippen LogP contribution in [-0.2, 0) is 65.4 Å². The molecule has 0 saturated carbocycles. The lowest BCUT2D eigenvalue weighted by atomic mass is 10.00. The van der Waals surface area contributed by atoms with Crippen LogP contribution in [0.5, 0.6) is 0 Å². The van der Waals surface area contributed by atoms with Crippen molar-refractivity contribution in [3.05, 3.63) is 0 Å². The molecule has 0 amide bonds. The molecule has 0 aliphatic carbocycles. The fourth-order valence-corrected chi connectivity index (χ4v) is 12.0. The third-order valence-corrected chi connectivity index (χ3v) is 18.2. The summed E-state index contributed by atoms with van der Waals surface area (Å²) in [6.45, 7) is 9.40. The number of hydrogen-bond donors (Lipinski definition) is 3. The van der Waals surface area contributed by atoms with Gasteiger partial charge in [-0.25, -0.2) is 9.13 Å². The molecule has 19 heteroatoms. The zero-order valence-corrected chi connectivity index (χ0v) is 58.8. The van der Waals surface area contributed by atoms with Crippen LogP contribution in [0.1, 0.15) is 350 Å². The highest BCUT2D eigenvalue weighted by Gasteiger charge is 2.30. The van der Waals surface area contributed by atoms with Gasteiger partial charge in [0.25, 0.3) is 0 Å². The first-order chi connectivity index (χ1) is 42.4. The van der Waals surface area contributed by atoms with E-state index in [-0.39, 0.29) is 25.7 Å². The lowest BCUT2D eigenvalue weighted by Crippen LogP contribution is -2.30. The Labute approximate surface area is 537 Å². The van der Waals surface area contributed by atoms with Crippen LogP contribution in [0, 0.1) is 11.8 Å². The minimum atomic E-state index is -4.95. The predicted octanol–water partition coefficient (Wildman–Crippen LogP) is 19.6. The van der Waals surface area contributed by atoms with E-state index in [0.717, 1.165) is 108 Å². The molecule has 0 spiro atoms. The molecule has 0 fully saturated rings. The Kier molecular flexibility index (Phi) is 59.9.